The zero-order chi connectivity index (χ0) is 19.1. The van der Waals surface area contributed by atoms with Crippen molar-refractivity contribution >= 4 is 27.5 Å². The van der Waals surface area contributed by atoms with Gasteiger partial charge in [0.05, 0.1) is 6.10 Å². The third kappa shape index (κ3) is 5.81. The lowest BCUT2D eigenvalue weighted by atomic mass is 10.1. The van der Waals surface area contributed by atoms with Crippen LogP contribution in [0.4, 0.5) is 0 Å². The van der Waals surface area contributed by atoms with Crippen LogP contribution in [0.2, 0.25) is 5.02 Å². The number of ether oxygens (including phenoxy) is 1. The van der Waals surface area contributed by atoms with E-state index in [0.717, 1.165) is 26.9 Å². The first-order chi connectivity index (χ1) is 13.1. The molecule has 0 saturated carbocycles. The fraction of sp³-hybridized carbons (Fsp3) is 0.182. The highest BCUT2D eigenvalue weighted by atomic mass is 79.9. The smallest absolute Gasteiger partial charge is 0.124 e. The molecule has 140 valence electrons. The Morgan fingerprint density at radius 2 is 1.70 bits per heavy atom. The second kappa shape index (κ2) is 9.90. The summed E-state index contributed by atoms with van der Waals surface area (Å²) >= 11 is 9.71. The Balaban J connectivity index is 1.61. The molecule has 27 heavy (non-hydrogen) atoms. The van der Waals surface area contributed by atoms with Crippen LogP contribution in [0.5, 0.6) is 5.75 Å². The zero-order valence-electron chi connectivity index (χ0n) is 14.7. The van der Waals surface area contributed by atoms with Crippen molar-refractivity contribution in [2.75, 3.05) is 6.54 Å². The van der Waals surface area contributed by atoms with E-state index in [1.54, 1.807) is 0 Å². The third-order valence-electron chi connectivity index (χ3n) is 4.20. The Morgan fingerprint density at radius 3 is 2.48 bits per heavy atom. The summed E-state index contributed by atoms with van der Waals surface area (Å²) < 4.78 is 6.97. The Hall–Kier alpha value is -1.85. The number of hydrogen-bond acceptors (Lipinski definition) is 3. The molecule has 3 nitrogen and oxygen atoms in total. The van der Waals surface area contributed by atoms with Crippen molar-refractivity contribution in [2.24, 2.45) is 0 Å². The van der Waals surface area contributed by atoms with Gasteiger partial charge in [-0.1, -0.05) is 76.1 Å². The first kappa shape index (κ1) is 19.9. The van der Waals surface area contributed by atoms with Crippen LogP contribution in [0.1, 0.15) is 22.8 Å². The normalized spacial score (nSPS) is 12.0. The molecule has 0 fully saturated rings. The molecule has 0 amide bonds. The van der Waals surface area contributed by atoms with Gasteiger partial charge >= 0.3 is 0 Å². The molecule has 0 aliphatic rings. The van der Waals surface area contributed by atoms with Crippen molar-refractivity contribution in [1.82, 2.24) is 5.32 Å². The molecular weight excluding hydrogens is 426 g/mol. The quantitative estimate of drug-likeness (QED) is 0.480. The first-order valence-corrected chi connectivity index (χ1v) is 9.89. The summed E-state index contributed by atoms with van der Waals surface area (Å²) in [6, 6.07) is 23.2. The van der Waals surface area contributed by atoms with Crippen LogP contribution in [0.25, 0.3) is 0 Å². The predicted molar refractivity (Wildman–Crippen MR) is 113 cm³/mol. The number of hydrogen-bond donors (Lipinski definition) is 2. The second-order valence-corrected chi connectivity index (χ2v) is 7.51. The molecule has 0 aromatic heterocycles. The summed E-state index contributed by atoms with van der Waals surface area (Å²) in [7, 11) is 0. The van der Waals surface area contributed by atoms with Gasteiger partial charge in [0.1, 0.15) is 12.4 Å². The predicted octanol–water partition coefficient (Wildman–Crippen LogP) is 5.50. The van der Waals surface area contributed by atoms with Gasteiger partial charge in [-0.25, -0.2) is 0 Å². The van der Waals surface area contributed by atoms with E-state index in [9.17, 15) is 5.11 Å². The zero-order valence-corrected chi connectivity index (χ0v) is 17.1. The minimum absolute atomic E-state index is 0.404. The van der Waals surface area contributed by atoms with E-state index in [-0.39, 0.29) is 0 Å². The number of benzene rings is 3. The van der Waals surface area contributed by atoms with Crippen LogP contribution in [0.3, 0.4) is 0 Å². The molecule has 0 saturated heterocycles. The molecule has 0 aliphatic heterocycles. The standard InChI is InChI=1S/C22H21BrClNO2/c23-19-10-11-22(27-15-17-8-4-5-9-20(17)24)18(12-19)13-25-14-21(26)16-6-2-1-3-7-16/h1-12,21,25-26H,13-15H2/t21-/m0/s1. The van der Waals surface area contributed by atoms with Gasteiger partial charge in [0.25, 0.3) is 0 Å². The van der Waals surface area contributed by atoms with Crippen LogP contribution < -0.4 is 10.1 Å². The summed E-state index contributed by atoms with van der Waals surface area (Å²) in [5.41, 5.74) is 2.85. The second-order valence-electron chi connectivity index (χ2n) is 6.19. The number of nitrogens with one attached hydrogen (secondary N) is 1. The molecule has 0 spiro atoms. The molecule has 1 atom stereocenters. The fourth-order valence-electron chi connectivity index (χ4n) is 2.73. The number of aliphatic hydroxyl groups excluding tert-OH is 1. The Bertz CT molecular complexity index is 873. The topological polar surface area (TPSA) is 41.5 Å². The average molecular weight is 447 g/mol. The number of aliphatic hydroxyl groups is 1. The van der Waals surface area contributed by atoms with Gasteiger partial charge in [-0.3, -0.25) is 0 Å². The number of halogens is 2. The van der Waals surface area contributed by atoms with Crippen LogP contribution in [0.15, 0.2) is 77.3 Å². The highest BCUT2D eigenvalue weighted by molar-refractivity contribution is 9.10. The minimum Gasteiger partial charge on any atom is -0.489 e. The molecule has 0 aliphatic carbocycles. The molecule has 3 rings (SSSR count). The maximum Gasteiger partial charge on any atom is 0.124 e. The molecule has 0 radical (unpaired) electrons. The van der Waals surface area contributed by atoms with E-state index < -0.39 is 6.10 Å². The van der Waals surface area contributed by atoms with Crippen molar-refractivity contribution in [3.63, 3.8) is 0 Å². The van der Waals surface area contributed by atoms with Gasteiger partial charge < -0.3 is 15.2 Å². The monoisotopic (exact) mass is 445 g/mol. The van der Waals surface area contributed by atoms with Crippen molar-refractivity contribution in [3.05, 3.63) is 99.0 Å². The van der Waals surface area contributed by atoms with E-state index in [1.807, 2.05) is 72.8 Å². The molecule has 3 aromatic carbocycles. The largest absolute Gasteiger partial charge is 0.489 e. The average Bonchev–Trinajstić information content (AvgIpc) is 2.69. The lowest BCUT2D eigenvalue weighted by molar-refractivity contribution is 0.174. The highest BCUT2D eigenvalue weighted by Crippen LogP contribution is 2.25. The van der Waals surface area contributed by atoms with E-state index >= 15 is 0 Å². The Kier molecular flexibility index (Phi) is 7.30. The van der Waals surface area contributed by atoms with Crippen molar-refractivity contribution in [1.29, 1.82) is 0 Å². The lowest BCUT2D eigenvalue weighted by Gasteiger charge is -2.15. The fourth-order valence-corrected chi connectivity index (χ4v) is 3.33. The molecule has 0 bridgehead atoms. The van der Waals surface area contributed by atoms with Gasteiger partial charge in [0.15, 0.2) is 0 Å². The maximum absolute atomic E-state index is 10.3. The Labute approximate surface area is 173 Å². The summed E-state index contributed by atoms with van der Waals surface area (Å²) in [5.74, 6) is 0.792. The van der Waals surface area contributed by atoms with Gasteiger partial charge in [0.2, 0.25) is 0 Å². The van der Waals surface area contributed by atoms with Crippen LogP contribution in [-0.4, -0.2) is 11.7 Å². The minimum atomic E-state index is -0.550. The first-order valence-electron chi connectivity index (χ1n) is 8.72. The highest BCUT2D eigenvalue weighted by Gasteiger charge is 2.09. The maximum atomic E-state index is 10.3. The molecule has 0 unspecified atom stereocenters. The van der Waals surface area contributed by atoms with Gasteiger partial charge in [-0.15, -0.1) is 0 Å². The van der Waals surface area contributed by atoms with Gasteiger partial charge in [0, 0.05) is 33.7 Å². The summed E-state index contributed by atoms with van der Waals surface area (Å²) in [6.45, 7) is 1.45. The molecule has 5 heteroatoms. The van der Waals surface area contributed by atoms with Crippen LogP contribution >= 0.6 is 27.5 Å². The Morgan fingerprint density at radius 1 is 0.963 bits per heavy atom. The van der Waals surface area contributed by atoms with Crippen LogP contribution in [0, 0.1) is 0 Å². The number of rotatable bonds is 8. The molecule has 0 heterocycles. The van der Waals surface area contributed by atoms with E-state index in [4.69, 9.17) is 16.3 Å². The van der Waals surface area contributed by atoms with E-state index in [0.29, 0.717) is 24.7 Å². The summed E-state index contributed by atoms with van der Waals surface area (Å²) in [6.07, 6.45) is -0.550. The molecule has 2 N–H and O–H groups in total. The van der Waals surface area contributed by atoms with Gasteiger partial charge in [-0.05, 0) is 29.8 Å². The molecule has 3 aromatic rings. The lowest BCUT2D eigenvalue weighted by Crippen LogP contribution is -2.21. The summed E-state index contributed by atoms with van der Waals surface area (Å²) in [4.78, 5) is 0. The summed E-state index contributed by atoms with van der Waals surface area (Å²) in [5, 5.41) is 14.3. The van der Waals surface area contributed by atoms with Crippen LogP contribution in [-0.2, 0) is 13.2 Å². The van der Waals surface area contributed by atoms with Crippen molar-refractivity contribution < 1.29 is 9.84 Å². The van der Waals surface area contributed by atoms with Crippen molar-refractivity contribution in [3.8, 4) is 5.75 Å². The van der Waals surface area contributed by atoms with E-state index in [1.165, 1.54) is 0 Å². The van der Waals surface area contributed by atoms with Crippen molar-refractivity contribution in [2.45, 2.75) is 19.3 Å². The molecular formula is C22H21BrClNO2. The van der Waals surface area contributed by atoms with E-state index in [2.05, 4.69) is 21.2 Å². The SMILES string of the molecule is O[C@@H](CNCc1cc(Br)ccc1OCc1ccccc1Cl)c1ccccc1. The van der Waals surface area contributed by atoms with Gasteiger partial charge in [-0.2, -0.15) is 0 Å². The third-order valence-corrected chi connectivity index (χ3v) is 5.06.